The van der Waals surface area contributed by atoms with E-state index in [-0.39, 0.29) is 18.4 Å². The molecule has 1 aliphatic rings. The number of nitriles is 1. The molecule has 0 atom stereocenters. The summed E-state index contributed by atoms with van der Waals surface area (Å²) >= 11 is 1.48. The Bertz CT molecular complexity index is 1130. The minimum Gasteiger partial charge on any atom is -0.484 e. The van der Waals surface area contributed by atoms with Crippen LogP contribution in [0.5, 0.6) is 5.75 Å². The van der Waals surface area contributed by atoms with E-state index in [1.807, 2.05) is 30.3 Å². The van der Waals surface area contributed by atoms with Crippen LogP contribution in [0.2, 0.25) is 0 Å². The molecule has 31 heavy (non-hydrogen) atoms. The first-order chi connectivity index (χ1) is 15.1. The average molecular weight is 432 g/mol. The van der Waals surface area contributed by atoms with Gasteiger partial charge in [-0.25, -0.2) is 0 Å². The molecular weight excluding hydrogens is 410 g/mol. The summed E-state index contributed by atoms with van der Waals surface area (Å²) in [6, 6.07) is 18.5. The lowest BCUT2D eigenvalue weighted by molar-refractivity contribution is -0.118. The molecule has 0 fully saturated rings. The van der Waals surface area contributed by atoms with Gasteiger partial charge in [-0.05, 0) is 54.7 Å². The number of nitrogens with zero attached hydrogens (tertiary/aromatic N) is 1. The zero-order chi connectivity index (χ0) is 21.6. The largest absolute Gasteiger partial charge is 0.484 e. The van der Waals surface area contributed by atoms with Crippen molar-refractivity contribution in [2.75, 3.05) is 11.9 Å². The molecule has 0 saturated carbocycles. The summed E-state index contributed by atoms with van der Waals surface area (Å²) in [7, 11) is 0. The van der Waals surface area contributed by atoms with E-state index in [9.17, 15) is 14.9 Å². The molecule has 0 aliphatic heterocycles. The van der Waals surface area contributed by atoms with E-state index in [1.54, 1.807) is 24.3 Å². The molecule has 1 aliphatic carbocycles. The molecule has 0 radical (unpaired) electrons. The molecule has 1 heterocycles. The van der Waals surface area contributed by atoms with Gasteiger partial charge in [0, 0.05) is 17.0 Å². The highest BCUT2D eigenvalue weighted by molar-refractivity contribution is 7.16. The highest BCUT2D eigenvalue weighted by Crippen LogP contribution is 2.38. The van der Waals surface area contributed by atoms with E-state index in [1.165, 1.54) is 16.2 Å². The maximum Gasteiger partial charge on any atom is 0.262 e. The normalized spacial score (nSPS) is 12.0. The number of aryl methyl sites for hydroxylation is 1. The summed E-state index contributed by atoms with van der Waals surface area (Å²) in [6.07, 6.45) is 2.92. The summed E-state index contributed by atoms with van der Waals surface area (Å²) in [4.78, 5) is 25.7. The smallest absolute Gasteiger partial charge is 0.262 e. The van der Waals surface area contributed by atoms with Crippen LogP contribution >= 0.6 is 11.3 Å². The van der Waals surface area contributed by atoms with Gasteiger partial charge in [0.1, 0.15) is 16.8 Å². The minimum absolute atomic E-state index is 0.174. The van der Waals surface area contributed by atoms with Crippen LogP contribution in [-0.2, 0) is 24.2 Å². The molecule has 2 amide bonds. The molecular formula is C24H21N3O3S. The first-order valence-corrected chi connectivity index (χ1v) is 10.8. The van der Waals surface area contributed by atoms with Gasteiger partial charge in [0.15, 0.2) is 6.61 Å². The molecule has 0 saturated heterocycles. The Hall–Kier alpha value is -3.63. The molecule has 2 N–H and O–H groups in total. The predicted molar refractivity (Wildman–Crippen MR) is 119 cm³/mol. The van der Waals surface area contributed by atoms with E-state index in [2.05, 4.69) is 16.7 Å². The number of anilines is 1. The van der Waals surface area contributed by atoms with E-state index in [0.29, 0.717) is 28.4 Å². The number of amides is 2. The first kappa shape index (κ1) is 20.6. The van der Waals surface area contributed by atoms with Gasteiger partial charge in [0.2, 0.25) is 0 Å². The van der Waals surface area contributed by atoms with Crippen molar-refractivity contribution in [3.63, 3.8) is 0 Å². The number of carbonyl (C=O) groups is 2. The van der Waals surface area contributed by atoms with Gasteiger partial charge in [-0.2, -0.15) is 5.26 Å². The van der Waals surface area contributed by atoms with Gasteiger partial charge in [-0.1, -0.05) is 30.3 Å². The Kier molecular flexibility index (Phi) is 6.29. The molecule has 7 heteroatoms. The molecule has 3 aromatic rings. The van der Waals surface area contributed by atoms with Crippen LogP contribution in [0.4, 0.5) is 5.00 Å². The zero-order valence-corrected chi connectivity index (χ0v) is 17.6. The van der Waals surface area contributed by atoms with Gasteiger partial charge in [0.25, 0.3) is 11.8 Å². The van der Waals surface area contributed by atoms with Gasteiger partial charge in [0.05, 0.1) is 5.56 Å². The van der Waals surface area contributed by atoms with Crippen LogP contribution < -0.4 is 15.4 Å². The lowest BCUT2D eigenvalue weighted by atomic mass is 10.1. The minimum atomic E-state index is -0.318. The van der Waals surface area contributed by atoms with Crippen molar-refractivity contribution >= 4 is 28.2 Å². The standard InChI is InChI=1S/C24H21N3O3S/c25-13-20-19-7-4-8-21(19)31-24(20)27-22(28)15-30-18-11-9-17(10-12-18)23(29)26-14-16-5-2-1-3-6-16/h1-3,5-6,9-12H,4,7-8,14-15H2,(H,26,29)(H,27,28). The Morgan fingerprint density at radius 3 is 2.58 bits per heavy atom. The molecule has 156 valence electrons. The SMILES string of the molecule is N#Cc1c(NC(=O)COc2ccc(C(=O)NCc3ccccc3)cc2)sc2c1CCC2. The third kappa shape index (κ3) is 4.93. The van der Waals surface area contributed by atoms with E-state index < -0.39 is 0 Å². The topological polar surface area (TPSA) is 91.2 Å². The van der Waals surface area contributed by atoms with Crippen molar-refractivity contribution < 1.29 is 14.3 Å². The third-order valence-electron chi connectivity index (χ3n) is 5.07. The lowest BCUT2D eigenvalue weighted by Crippen LogP contribution is -2.22. The number of rotatable bonds is 7. The second-order valence-electron chi connectivity index (χ2n) is 7.20. The number of hydrogen-bond acceptors (Lipinski definition) is 5. The molecule has 2 aromatic carbocycles. The van der Waals surface area contributed by atoms with Crippen LogP contribution in [-0.4, -0.2) is 18.4 Å². The van der Waals surface area contributed by atoms with E-state index in [0.717, 1.165) is 30.4 Å². The molecule has 0 spiro atoms. The van der Waals surface area contributed by atoms with Crippen LogP contribution in [0.15, 0.2) is 54.6 Å². The van der Waals surface area contributed by atoms with E-state index in [4.69, 9.17) is 4.74 Å². The zero-order valence-electron chi connectivity index (χ0n) is 16.8. The highest BCUT2D eigenvalue weighted by Gasteiger charge is 2.23. The Morgan fingerprint density at radius 1 is 1.06 bits per heavy atom. The summed E-state index contributed by atoms with van der Waals surface area (Å²) in [5.41, 5.74) is 3.19. The molecule has 0 bridgehead atoms. The first-order valence-electron chi connectivity index (χ1n) is 10.0. The number of ether oxygens (including phenoxy) is 1. The summed E-state index contributed by atoms with van der Waals surface area (Å²) in [5.74, 6) is -0.00651. The second-order valence-corrected chi connectivity index (χ2v) is 8.31. The van der Waals surface area contributed by atoms with Crippen molar-refractivity contribution in [1.29, 1.82) is 5.26 Å². The number of thiophene rings is 1. The van der Waals surface area contributed by atoms with Gasteiger partial charge in [-0.15, -0.1) is 11.3 Å². The van der Waals surface area contributed by atoms with Crippen LogP contribution in [0.25, 0.3) is 0 Å². The number of fused-ring (bicyclic) bond motifs is 1. The quantitative estimate of drug-likeness (QED) is 0.590. The summed E-state index contributed by atoms with van der Waals surface area (Å²) < 4.78 is 5.53. The fourth-order valence-electron chi connectivity index (χ4n) is 3.51. The van der Waals surface area contributed by atoms with Crippen LogP contribution in [0.1, 0.15) is 38.3 Å². The summed E-state index contributed by atoms with van der Waals surface area (Å²) in [5, 5.41) is 15.7. The fraction of sp³-hybridized carbons (Fsp3) is 0.208. The van der Waals surface area contributed by atoms with Crippen LogP contribution in [0.3, 0.4) is 0 Å². The molecule has 4 rings (SSSR count). The maximum absolute atomic E-state index is 12.3. The van der Waals surface area contributed by atoms with Gasteiger partial charge in [-0.3, -0.25) is 9.59 Å². The second kappa shape index (κ2) is 9.45. The number of carbonyl (C=O) groups excluding carboxylic acids is 2. The van der Waals surface area contributed by atoms with Crippen LogP contribution in [0, 0.1) is 11.3 Å². The van der Waals surface area contributed by atoms with E-state index >= 15 is 0 Å². The molecule has 1 aromatic heterocycles. The maximum atomic E-state index is 12.3. The number of benzene rings is 2. The molecule has 0 unspecified atom stereocenters. The number of nitrogens with one attached hydrogen (secondary N) is 2. The fourth-order valence-corrected chi connectivity index (χ4v) is 4.76. The average Bonchev–Trinajstić information content (AvgIpc) is 3.38. The number of hydrogen-bond donors (Lipinski definition) is 2. The van der Waals surface area contributed by atoms with Crippen molar-refractivity contribution in [2.24, 2.45) is 0 Å². The monoisotopic (exact) mass is 431 g/mol. The van der Waals surface area contributed by atoms with Gasteiger partial charge >= 0.3 is 0 Å². The third-order valence-corrected chi connectivity index (χ3v) is 6.28. The highest BCUT2D eigenvalue weighted by atomic mass is 32.1. The Morgan fingerprint density at radius 2 is 1.84 bits per heavy atom. The Labute approximate surface area is 184 Å². The molecule has 6 nitrogen and oxygen atoms in total. The van der Waals surface area contributed by atoms with Crippen molar-refractivity contribution in [1.82, 2.24) is 5.32 Å². The summed E-state index contributed by atoms with van der Waals surface area (Å²) in [6.45, 7) is 0.280. The van der Waals surface area contributed by atoms with Crippen molar-refractivity contribution in [3.05, 3.63) is 81.7 Å². The lowest BCUT2D eigenvalue weighted by Gasteiger charge is -2.08. The predicted octanol–water partition coefficient (Wildman–Crippen LogP) is 4.06. The van der Waals surface area contributed by atoms with Gasteiger partial charge < -0.3 is 15.4 Å². The Balaban J connectivity index is 1.28. The van der Waals surface area contributed by atoms with Crippen molar-refractivity contribution in [3.8, 4) is 11.8 Å². The van der Waals surface area contributed by atoms with Crippen molar-refractivity contribution in [2.45, 2.75) is 25.8 Å².